The van der Waals surface area contributed by atoms with Crippen molar-refractivity contribution >= 4 is 0 Å². The van der Waals surface area contributed by atoms with Crippen LogP contribution in [-0.2, 0) is 0 Å². The van der Waals surface area contributed by atoms with Crippen molar-refractivity contribution in [1.29, 1.82) is 5.53 Å². The first kappa shape index (κ1) is 5.14. The van der Waals surface area contributed by atoms with Gasteiger partial charge in [-0.3, -0.25) is 0 Å². The summed E-state index contributed by atoms with van der Waals surface area (Å²) >= 11 is 0. The van der Waals surface area contributed by atoms with E-state index in [2.05, 4.69) is 0 Å². The zero-order valence-electron chi connectivity index (χ0n) is 3.68. The Hall–Kier alpha value is -0.860. The van der Waals surface area contributed by atoms with Gasteiger partial charge in [0.05, 0.1) is 6.20 Å². The Morgan fingerprint density at radius 3 is 2.33 bits per heavy atom. The first-order valence-corrected chi connectivity index (χ1v) is 1.60. The van der Waals surface area contributed by atoms with E-state index in [1.807, 2.05) is 0 Å². The predicted molar refractivity (Wildman–Crippen MR) is 22.2 cm³/mol. The highest BCUT2D eigenvalue weighted by Crippen LogP contribution is 1.59. The first-order valence-electron chi connectivity index (χ1n) is 1.60. The fourth-order valence-electron chi connectivity index (χ4n) is 0.129. The molecule has 0 aromatic carbocycles. The number of nitrogens with zero attached hydrogens (tertiary/aromatic N) is 1. The Balaban J connectivity index is 3.30. The molecule has 3 N–H and O–H groups in total. The smallest absolute Gasteiger partial charge is 0.210 e. The van der Waals surface area contributed by atoms with Crippen molar-refractivity contribution in [3.63, 3.8) is 0 Å². The zero-order chi connectivity index (χ0) is 4.99. The minimum Gasteiger partial charge on any atom is -0.400 e. The molecular weight excluding hydrogens is 78.1 g/mol. The van der Waals surface area contributed by atoms with Crippen LogP contribution in [0.2, 0.25) is 0 Å². The van der Waals surface area contributed by atoms with Gasteiger partial charge in [0.15, 0.2) is 7.05 Å². The molecule has 0 spiro atoms. The Kier molecular flexibility index (Phi) is 2.04. The molecule has 0 bridgehead atoms. The fraction of sp³-hybridized carbons (Fsp3) is 0.333. The molecule has 0 aliphatic rings. The lowest BCUT2D eigenvalue weighted by Gasteiger charge is -1.68. The van der Waals surface area contributed by atoms with Crippen LogP contribution >= 0.6 is 0 Å². The predicted octanol–water partition coefficient (Wildman–Crippen LogP) is 0.0896. The van der Waals surface area contributed by atoms with E-state index in [-0.39, 0.29) is 0 Å². The van der Waals surface area contributed by atoms with Gasteiger partial charge in [0, 0.05) is 0 Å². The van der Waals surface area contributed by atoms with Crippen LogP contribution in [0, 0.1) is 5.53 Å². The summed E-state index contributed by atoms with van der Waals surface area (Å²) in [5, 5.41) is 0. The molecule has 0 saturated heterocycles. The molecule has 0 radical (unpaired) electrons. The Morgan fingerprint density at radius 2 is 2.33 bits per heavy atom. The van der Waals surface area contributed by atoms with Gasteiger partial charge in [-0.15, -0.1) is 0 Å². The molecule has 0 aromatic rings. The third-order valence-corrected chi connectivity index (χ3v) is 0.310. The van der Waals surface area contributed by atoms with Gasteiger partial charge in [0.1, 0.15) is 0 Å². The van der Waals surface area contributed by atoms with Gasteiger partial charge in [0.25, 0.3) is 0 Å². The maximum atomic E-state index is 6.64. The van der Waals surface area contributed by atoms with Gasteiger partial charge < -0.3 is 5.73 Å². The number of nitrogens with one attached hydrogen (secondary N) is 1. The molecule has 0 unspecified atom stereocenters. The van der Waals surface area contributed by atoms with E-state index in [0.29, 0.717) is 0 Å². The summed E-state index contributed by atoms with van der Waals surface area (Å²) in [6, 6.07) is 0. The van der Waals surface area contributed by atoms with Crippen molar-refractivity contribution in [2.24, 2.45) is 5.73 Å². The lowest BCUT2D eigenvalue weighted by Crippen LogP contribution is -1.88. The first-order chi connectivity index (χ1) is 2.77. The third-order valence-electron chi connectivity index (χ3n) is 0.310. The van der Waals surface area contributed by atoms with Gasteiger partial charge in [-0.25, -0.2) is 0 Å². The van der Waals surface area contributed by atoms with Crippen molar-refractivity contribution in [2.75, 3.05) is 7.05 Å². The summed E-state index contributed by atoms with van der Waals surface area (Å²) in [4.78, 5) is 0. The molecule has 6 heavy (non-hydrogen) atoms. The molecule has 0 atom stereocenters. The zero-order valence-corrected chi connectivity index (χ0v) is 3.68. The van der Waals surface area contributed by atoms with Gasteiger partial charge >= 0.3 is 0 Å². The fourth-order valence-corrected chi connectivity index (χ4v) is 0.129. The molecule has 0 rings (SSSR count). The van der Waals surface area contributed by atoms with Crippen molar-refractivity contribution in [1.82, 2.24) is 0 Å². The van der Waals surface area contributed by atoms with Crippen LogP contribution in [0.4, 0.5) is 0 Å². The Labute approximate surface area is 36.6 Å². The van der Waals surface area contributed by atoms with E-state index in [4.69, 9.17) is 11.3 Å². The topological polar surface area (TPSA) is 52.9 Å². The van der Waals surface area contributed by atoms with E-state index < -0.39 is 0 Å². The average molecular weight is 86.1 g/mol. The highest BCUT2D eigenvalue weighted by atomic mass is 15.1. The molecule has 0 saturated carbocycles. The van der Waals surface area contributed by atoms with E-state index in [1.165, 1.54) is 12.4 Å². The monoisotopic (exact) mass is 86.1 g/mol. The second-order valence-corrected chi connectivity index (χ2v) is 0.952. The highest BCUT2D eigenvalue weighted by Gasteiger charge is 1.73. The Bertz CT molecular complexity index is 74.1. The summed E-state index contributed by atoms with van der Waals surface area (Å²) < 4.78 is 1.12. The molecule has 0 aliphatic carbocycles. The van der Waals surface area contributed by atoms with Gasteiger partial charge in [-0.1, -0.05) is 10.2 Å². The molecule has 0 amide bonds. The molecule has 0 heterocycles. The maximum absolute atomic E-state index is 6.64. The largest absolute Gasteiger partial charge is 0.400 e. The number of hydrogen-bond acceptors (Lipinski definition) is 2. The molecule has 0 aliphatic heterocycles. The molecule has 0 aromatic heterocycles. The summed E-state index contributed by atoms with van der Waals surface area (Å²) in [6.45, 7) is 0. The van der Waals surface area contributed by atoms with Gasteiger partial charge in [0.2, 0.25) is 6.20 Å². The number of hydrogen-bond donors (Lipinski definition) is 2. The Morgan fingerprint density at radius 1 is 1.83 bits per heavy atom. The lowest BCUT2D eigenvalue weighted by atomic mass is 10.9. The van der Waals surface area contributed by atoms with Gasteiger partial charge in [-0.2, -0.15) is 0 Å². The average Bonchev–Trinajstić information content (AvgIpc) is 1.35. The standard InChI is InChI=1S/C3H8N3/c1-6(5)3-2-4/h2-3,5H,4H2,1H3/q+1/b3-2-,6-5?. The van der Waals surface area contributed by atoms with E-state index in [0.717, 1.165) is 4.70 Å². The second-order valence-electron chi connectivity index (χ2n) is 0.952. The van der Waals surface area contributed by atoms with Crippen molar-refractivity contribution in [3.05, 3.63) is 12.4 Å². The van der Waals surface area contributed by atoms with Crippen LogP contribution in [-0.4, -0.2) is 11.7 Å². The van der Waals surface area contributed by atoms with E-state index in [9.17, 15) is 0 Å². The van der Waals surface area contributed by atoms with Crippen LogP contribution in [0.3, 0.4) is 0 Å². The normalized spacial score (nSPS) is 9.50. The maximum Gasteiger partial charge on any atom is 0.210 e. The minimum absolute atomic E-state index is 1.12. The van der Waals surface area contributed by atoms with E-state index >= 15 is 0 Å². The van der Waals surface area contributed by atoms with Crippen LogP contribution in [0.15, 0.2) is 12.4 Å². The number of nitrogens with two attached hydrogens (primary N) is 1. The van der Waals surface area contributed by atoms with Crippen molar-refractivity contribution in [3.8, 4) is 0 Å². The molecule has 3 nitrogen and oxygen atoms in total. The number of rotatable bonds is 1. The second kappa shape index (κ2) is 2.38. The van der Waals surface area contributed by atoms with Crippen LogP contribution in [0.25, 0.3) is 0 Å². The van der Waals surface area contributed by atoms with Crippen LogP contribution < -0.4 is 5.73 Å². The molecule has 34 valence electrons. The molecular formula is C3H8N3+. The summed E-state index contributed by atoms with van der Waals surface area (Å²) in [5.74, 6) is 0. The SMILES string of the molecule is C[N+](=N)/C=C\N. The van der Waals surface area contributed by atoms with Crippen molar-refractivity contribution < 1.29 is 4.70 Å². The molecule has 0 fully saturated rings. The summed E-state index contributed by atoms with van der Waals surface area (Å²) in [7, 11) is 1.59. The van der Waals surface area contributed by atoms with Gasteiger partial charge in [-0.05, 0) is 0 Å². The van der Waals surface area contributed by atoms with Crippen LogP contribution in [0.5, 0.6) is 0 Å². The summed E-state index contributed by atoms with van der Waals surface area (Å²) in [6.07, 6.45) is 2.76. The molecule has 3 heteroatoms. The highest BCUT2D eigenvalue weighted by molar-refractivity contribution is 4.58. The summed E-state index contributed by atoms with van der Waals surface area (Å²) in [5.41, 5.74) is 11.5. The van der Waals surface area contributed by atoms with Crippen molar-refractivity contribution in [2.45, 2.75) is 0 Å². The minimum atomic E-state index is 1.12. The quantitative estimate of drug-likeness (QED) is 0.345. The lowest BCUT2D eigenvalue weighted by molar-refractivity contribution is -0.521. The van der Waals surface area contributed by atoms with E-state index in [1.54, 1.807) is 7.05 Å². The van der Waals surface area contributed by atoms with Crippen LogP contribution in [0.1, 0.15) is 0 Å². The third kappa shape index (κ3) is 3.14.